The van der Waals surface area contributed by atoms with Gasteiger partial charge in [-0.15, -0.1) is 0 Å². The van der Waals surface area contributed by atoms with Crippen molar-refractivity contribution in [3.63, 3.8) is 0 Å². The smallest absolute Gasteiger partial charge is 0.354 e. The summed E-state index contributed by atoms with van der Waals surface area (Å²) in [6.07, 6.45) is 0. The van der Waals surface area contributed by atoms with Crippen molar-refractivity contribution < 1.29 is 14.6 Å². The number of nitrogens with zero attached hydrogens (tertiary/aromatic N) is 2. The Morgan fingerprint density at radius 2 is 2.05 bits per heavy atom. The van der Waals surface area contributed by atoms with Gasteiger partial charge in [0.25, 0.3) is 0 Å². The molecule has 0 atom stereocenters. The number of ether oxygens (including phenoxy) is 1. The number of carbonyl (C=O) groups is 1. The van der Waals surface area contributed by atoms with Gasteiger partial charge in [0.1, 0.15) is 5.75 Å². The van der Waals surface area contributed by atoms with E-state index in [1.54, 1.807) is 19.2 Å². The number of methoxy groups -OCH3 is 1. The van der Waals surface area contributed by atoms with Crippen molar-refractivity contribution >= 4 is 11.9 Å². The van der Waals surface area contributed by atoms with E-state index in [-0.39, 0.29) is 11.6 Å². The van der Waals surface area contributed by atoms with Crippen LogP contribution in [0.1, 0.15) is 16.1 Å². The van der Waals surface area contributed by atoms with Crippen LogP contribution in [0, 0.1) is 6.92 Å². The van der Waals surface area contributed by atoms with Gasteiger partial charge in [-0.25, -0.2) is 14.8 Å². The van der Waals surface area contributed by atoms with E-state index in [2.05, 4.69) is 9.97 Å². The lowest BCUT2D eigenvalue weighted by atomic mass is 10.1. The Hall–Kier alpha value is -2.63. The number of aromatic nitrogens is 2. The van der Waals surface area contributed by atoms with Gasteiger partial charge < -0.3 is 15.6 Å². The van der Waals surface area contributed by atoms with E-state index in [0.717, 1.165) is 16.9 Å². The summed E-state index contributed by atoms with van der Waals surface area (Å²) in [6.45, 7) is 1.89. The minimum Gasteiger partial charge on any atom is -0.496 e. The molecule has 2 aromatic rings. The third kappa shape index (κ3) is 2.62. The maximum atomic E-state index is 10.9. The normalized spacial score (nSPS) is 10.2. The third-order valence-electron chi connectivity index (χ3n) is 2.65. The van der Waals surface area contributed by atoms with E-state index < -0.39 is 5.97 Å². The number of aryl methyl sites for hydroxylation is 1. The second-order valence-corrected chi connectivity index (χ2v) is 3.99. The third-order valence-corrected chi connectivity index (χ3v) is 2.65. The number of hydrogen-bond acceptors (Lipinski definition) is 5. The van der Waals surface area contributed by atoms with Gasteiger partial charge in [-0.1, -0.05) is 0 Å². The van der Waals surface area contributed by atoms with Crippen molar-refractivity contribution in [1.29, 1.82) is 0 Å². The Balaban J connectivity index is 2.52. The number of benzene rings is 1. The second-order valence-electron chi connectivity index (χ2n) is 3.99. The largest absolute Gasteiger partial charge is 0.496 e. The van der Waals surface area contributed by atoms with E-state index in [4.69, 9.17) is 15.6 Å². The van der Waals surface area contributed by atoms with Crippen LogP contribution in [0.4, 0.5) is 5.95 Å². The van der Waals surface area contributed by atoms with Gasteiger partial charge in [-0.05, 0) is 36.8 Å². The first-order chi connectivity index (χ1) is 9.01. The molecule has 0 fully saturated rings. The highest BCUT2D eigenvalue weighted by Crippen LogP contribution is 2.25. The van der Waals surface area contributed by atoms with Crippen LogP contribution in [0.2, 0.25) is 0 Å². The minimum absolute atomic E-state index is 0.0663. The van der Waals surface area contributed by atoms with Crippen molar-refractivity contribution in [2.45, 2.75) is 6.92 Å². The molecule has 2 rings (SSSR count). The molecular weight excluding hydrogens is 246 g/mol. The standard InChI is InChI=1S/C13H13N3O3/c1-7-5-8(3-4-11(7)19-2)9-6-10(12(17)18)16-13(14)15-9/h3-6H,1-2H3,(H,17,18)(H2,14,15,16). The van der Waals surface area contributed by atoms with Gasteiger partial charge >= 0.3 is 5.97 Å². The van der Waals surface area contributed by atoms with Crippen LogP contribution in [0.15, 0.2) is 24.3 Å². The van der Waals surface area contributed by atoms with Crippen LogP contribution >= 0.6 is 0 Å². The number of nitrogens with two attached hydrogens (primary N) is 1. The van der Waals surface area contributed by atoms with Crippen molar-refractivity contribution in [3.05, 3.63) is 35.5 Å². The molecule has 6 heteroatoms. The molecule has 0 unspecified atom stereocenters. The average Bonchev–Trinajstić information content (AvgIpc) is 2.37. The number of hydrogen-bond donors (Lipinski definition) is 2. The van der Waals surface area contributed by atoms with Gasteiger partial charge in [-0.3, -0.25) is 0 Å². The molecular formula is C13H13N3O3. The Bertz CT molecular complexity index is 641. The molecule has 1 aromatic heterocycles. The fourth-order valence-electron chi connectivity index (χ4n) is 1.76. The van der Waals surface area contributed by atoms with Gasteiger partial charge in [0.05, 0.1) is 12.8 Å². The van der Waals surface area contributed by atoms with Crippen molar-refractivity contribution in [2.75, 3.05) is 12.8 Å². The fraction of sp³-hybridized carbons (Fsp3) is 0.154. The first-order valence-electron chi connectivity index (χ1n) is 5.54. The molecule has 19 heavy (non-hydrogen) atoms. The highest BCUT2D eigenvalue weighted by Gasteiger charge is 2.11. The number of carboxylic acid groups (broad SMARTS) is 1. The molecule has 0 bridgehead atoms. The maximum Gasteiger partial charge on any atom is 0.354 e. The maximum absolute atomic E-state index is 10.9. The topological polar surface area (TPSA) is 98.3 Å². The van der Waals surface area contributed by atoms with Gasteiger partial charge in [0.2, 0.25) is 5.95 Å². The predicted molar refractivity (Wildman–Crippen MR) is 70.1 cm³/mol. The highest BCUT2D eigenvalue weighted by molar-refractivity contribution is 5.87. The molecule has 0 radical (unpaired) electrons. The lowest BCUT2D eigenvalue weighted by Gasteiger charge is -2.08. The van der Waals surface area contributed by atoms with Crippen LogP contribution in [0.25, 0.3) is 11.3 Å². The zero-order valence-corrected chi connectivity index (χ0v) is 10.5. The molecule has 0 aliphatic heterocycles. The van der Waals surface area contributed by atoms with Crippen molar-refractivity contribution in [2.24, 2.45) is 0 Å². The zero-order chi connectivity index (χ0) is 14.0. The van der Waals surface area contributed by atoms with Gasteiger partial charge in [0.15, 0.2) is 5.69 Å². The monoisotopic (exact) mass is 259 g/mol. The van der Waals surface area contributed by atoms with E-state index in [9.17, 15) is 4.79 Å². The molecule has 98 valence electrons. The number of aromatic carboxylic acids is 1. The van der Waals surface area contributed by atoms with Crippen molar-refractivity contribution in [1.82, 2.24) is 9.97 Å². The predicted octanol–water partition coefficient (Wildman–Crippen LogP) is 1.74. The average molecular weight is 259 g/mol. The summed E-state index contributed by atoms with van der Waals surface area (Å²) in [7, 11) is 1.59. The number of nitrogen functional groups attached to an aromatic ring is 1. The summed E-state index contributed by atoms with van der Waals surface area (Å²) < 4.78 is 5.17. The zero-order valence-electron chi connectivity index (χ0n) is 10.5. The van der Waals surface area contributed by atoms with Crippen LogP contribution < -0.4 is 10.5 Å². The number of anilines is 1. The van der Waals surface area contributed by atoms with E-state index in [1.165, 1.54) is 6.07 Å². The fourth-order valence-corrected chi connectivity index (χ4v) is 1.76. The Morgan fingerprint density at radius 3 is 2.63 bits per heavy atom. The molecule has 0 saturated heterocycles. The molecule has 0 saturated carbocycles. The summed E-state index contributed by atoms with van der Waals surface area (Å²) in [4.78, 5) is 18.6. The lowest BCUT2D eigenvalue weighted by molar-refractivity contribution is 0.0690. The SMILES string of the molecule is COc1ccc(-c2cc(C(=O)O)nc(N)n2)cc1C. The van der Waals surface area contributed by atoms with Gasteiger partial charge in [-0.2, -0.15) is 0 Å². The first kappa shape index (κ1) is 12.8. The van der Waals surface area contributed by atoms with E-state index in [1.807, 2.05) is 13.0 Å². The van der Waals surface area contributed by atoms with E-state index >= 15 is 0 Å². The molecule has 6 nitrogen and oxygen atoms in total. The summed E-state index contributed by atoms with van der Waals surface area (Å²) in [5, 5.41) is 8.95. The summed E-state index contributed by atoms with van der Waals surface area (Å²) in [5.41, 5.74) is 7.54. The molecule has 0 amide bonds. The van der Waals surface area contributed by atoms with Gasteiger partial charge in [0, 0.05) is 5.56 Å². The van der Waals surface area contributed by atoms with Crippen LogP contribution in [-0.4, -0.2) is 28.2 Å². The van der Waals surface area contributed by atoms with E-state index in [0.29, 0.717) is 5.69 Å². The second kappa shape index (κ2) is 4.93. The van der Waals surface area contributed by atoms with Crippen molar-refractivity contribution in [3.8, 4) is 17.0 Å². The molecule has 0 aliphatic rings. The molecule has 0 aliphatic carbocycles. The van der Waals surface area contributed by atoms with Crippen LogP contribution in [-0.2, 0) is 0 Å². The Kier molecular flexibility index (Phi) is 3.33. The molecule has 1 aromatic carbocycles. The Labute approximate surface area is 109 Å². The minimum atomic E-state index is -1.14. The van der Waals surface area contributed by atoms with Crippen LogP contribution in [0.5, 0.6) is 5.75 Å². The lowest BCUT2D eigenvalue weighted by Crippen LogP contribution is -2.06. The number of carboxylic acids is 1. The summed E-state index contributed by atoms with van der Waals surface area (Å²) in [5.74, 6) is -0.451. The summed E-state index contributed by atoms with van der Waals surface area (Å²) >= 11 is 0. The molecule has 1 heterocycles. The van der Waals surface area contributed by atoms with Crippen LogP contribution in [0.3, 0.4) is 0 Å². The first-order valence-corrected chi connectivity index (χ1v) is 5.54. The number of rotatable bonds is 3. The highest BCUT2D eigenvalue weighted by atomic mass is 16.5. The molecule has 0 spiro atoms. The summed E-state index contributed by atoms with van der Waals surface area (Å²) in [6, 6.07) is 6.83. The quantitative estimate of drug-likeness (QED) is 0.871. The molecule has 3 N–H and O–H groups in total. The Morgan fingerprint density at radius 1 is 1.32 bits per heavy atom.